The van der Waals surface area contributed by atoms with E-state index in [0.29, 0.717) is 5.92 Å². The molecule has 2 rings (SSSR count). The lowest BCUT2D eigenvalue weighted by Crippen LogP contribution is -2.52. The van der Waals surface area contributed by atoms with Gasteiger partial charge in [-0.3, -0.25) is 9.59 Å². The zero-order chi connectivity index (χ0) is 16.2. The van der Waals surface area contributed by atoms with E-state index in [9.17, 15) is 9.59 Å². The van der Waals surface area contributed by atoms with Crippen molar-refractivity contribution in [2.75, 3.05) is 0 Å². The predicted octanol–water partition coefficient (Wildman–Crippen LogP) is 3.57. The van der Waals surface area contributed by atoms with E-state index in [2.05, 4.69) is 26.1 Å². The number of carbonyl (C=O) groups is 2. The molecule has 1 amide bonds. The first-order chi connectivity index (χ1) is 9.41. The van der Waals surface area contributed by atoms with Crippen LogP contribution in [-0.4, -0.2) is 17.7 Å². The molecule has 0 aromatic heterocycles. The van der Waals surface area contributed by atoms with Gasteiger partial charge >= 0.3 is 0 Å². The van der Waals surface area contributed by atoms with E-state index in [4.69, 9.17) is 0 Å². The molecule has 120 valence electrons. The average molecular weight is 293 g/mol. The Kier molecular flexibility index (Phi) is 3.79. The topological polar surface area (TPSA) is 46.2 Å². The Morgan fingerprint density at radius 2 is 1.76 bits per heavy atom. The summed E-state index contributed by atoms with van der Waals surface area (Å²) in [6, 6.07) is -0.393. The monoisotopic (exact) mass is 293 g/mol. The van der Waals surface area contributed by atoms with Gasteiger partial charge in [-0.2, -0.15) is 0 Å². The number of Topliss-reactive ketones (excluding diaryl/α,β-unsaturated/α-hetero) is 1. The van der Waals surface area contributed by atoms with Crippen molar-refractivity contribution < 1.29 is 9.59 Å². The standard InChI is InChI=1S/C18H31NO2/c1-11(20)14(16(2,3)4)19-15(21)13-10-12-8-9-18(13,7)17(12,5)6/h12-14H,8-10H2,1-7H3,(H,19,21)/t12?,13-,14-,18?/m1/s1. The summed E-state index contributed by atoms with van der Waals surface area (Å²) in [5, 5.41) is 3.06. The van der Waals surface area contributed by atoms with Crippen LogP contribution in [-0.2, 0) is 9.59 Å². The maximum Gasteiger partial charge on any atom is 0.224 e. The van der Waals surface area contributed by atoms with Crippen molar-refractivity contribution in [2.24, 2.45) is 28.1 Å². The molecular formula is C18H31NO2. The SMILES string of the molecule is CC(=O)[C@@H](NC(=O)[C@H]1CC2CCC1(C)C2(C)C)C(C)(C)C. The fourth-order valence-electron chi connectivity index (χ4n) is 4.77. The van der Waals surface area contributed by atoms with Crippen molar-refractivity contribution in [2.45, 2.75) is 73.8 Å². The lowest BCUT2D eigenvalue weighted by Gasteiger charge is -2.39. The summed E-state index contributed by atoms with van der Waals surface area (Å²) < 4.78 is 0. The zero-order valence-corrected chi connectivity index (χ0v) is 14.7. The van der Waals surface area contributed by atoms with Crippen LogP contribution in [0.3, 0.4) is 0 Å². The van der Waals surface area contributed by atoms with Gasteiger partial charge in [-0.25, -0.2) is 0 Å². The van der Waals surface area contributed by atoms with Crippen LogP contribution in [0.2, 0.25) is 0 Å². The highest BCUT2D eigenvalue weighted by Crippen LogP contribution is 2.68. The zero-order valence-electron chi connectivity index (χ0n) is 14.7. The second-order valence-corrected chi connectivity index (χ2v) is 9.08. The third-order valence-corrected chi connectivity index (χ3v) is 6.67. The highest BCUT2D eigenvalue weighted by molar-refractivity contribution is 5.89. The van der Waals surface area contributed by atoms with E-state index < -0.39 is 6.04 Å². The molecule has 21 heavy (non-hydrogen) atoms. The molecule has 0 aromatic rings. The van der Waals surface area contributed by atoms with Crippen LogP contribution in [0, 0.1) is 28.1 Å². The Bertz CT molecular complexity index is 460. The Balaban J connectivity index is 2.17. The Hall–Kier alpha value is -0.860. The third kappa shape index (κ3) is 2.43. The predicted molar refractivity (Wildman–Crippen MR) is 84.8 cm³/mol. The molecule has 1 N–H and O–H groups in total. The highest BCUT2D eigenvalue weighted by atomic mass is 16.2. The summed E-state index contributed by atoms with van der Waals surface area (Å²) in [5.74, 6) is 0.824. The van der Waals surface area contributed by atoms with E-state index in [1.165, 1.54) is 6.42 Å². The number of hydrogen-bond acceptors (Lipinski definition) is 2. The van der Waals surface area contributed by atoms with E-state index in [-0.39, 0.29) is 33.9 Å². The first-order valence-corrected chi connectivity index (χ1v) is 8.22. The second kappa shape index (κ2) is 4.82. The quantitative estimate of drug-likeness (QED) is 0.864. The fraction of sp³-hybridized carbons (Fsp3) is 0.889. The number of nitrogens with one attached hydrogen (secondary N) is 1. The number of carbonyl (C=O) groups excluding carboxylic acids is 2. The molecule has 3 heteroatoms. The number of ketones is 1. The summed E-state index contributed by atoms with van der Waals surface area (Å²) in [5.41, 5.74) is 0.0545. The molecule has 0 spiro atoms. The van der Waals surface area contributed by atoms with Gasteiger partial charge in [0.1, 0.15) is 0 Å². The molecule has 3 nitrogen and oxygen atoms in total. The molecule has 0 radical (unpaired) electrons. The molecule has 2 saturated carbocycles. The van der Waals surface area contributed by atoms with Crippen molar-refractivity contribution >= 4 is 11.7 Å². The second-order valence-electron chi connectivity index (χ2n) is 9.08. The minimum atomic E-state index is -0.393. The summed E-state index contributed by atoms with van der Waals surface area (Å²) in [4.78, 5) is 24.7. The van der Waals surface area contributed by atoms with Gasteiger partial charge in [0, 0.05) is 5.92 Å². The summed E-state index contributed by atoms with van der Waals surface area (Å²) >= 11 is 0. The van der Waals surface area contributed by atoms with Crippen molar-refractivity contribution in [3.63, 3.8) is 0 Å². The number of hydrogen-bond donors (Lipinski definition) is 1. The molecule has 0 heterocycles. The van der Waals surface area contributed by atoms with Gasteiger partial charge in [0.25, 0.3) is 0 Å². The van der Waals surface area contributed by atoms with Crippen LogP contribution in [0.25, 0.3) is 0 Å². The van der Waals surface area contributed by atoms with Crippen LogP contribution in [0.15, 0.2) is 0 Å². The van der Waals surface area contributed by atoms with Crippen LogP contribution in [0.5, 0.6) is 0 Å². The lowest BCUT2D eigenvalue weighted by molar-refractivity contribution is -0.135. The van der Waals surface area contributed by atoms with Gasteiger partial charge in [0.15, 0.2) is 5.78 Å². The van der Waals surface area contributed by atoms with Gasteiger partial charge in [-0.05, 0) is 48.3 Å². The van der Waals surface area contributed by atoms with E-state index >= 15 is 0 Å². The molecule has 2 aliphatic carbocycles. The van der Waals surface area contributed by atoms with Crippen molar-refractivity contribution in [1.82, 2.24) is 5.32 Å². The maximum absolute atomic E-state index is 12.8. The average Bonchev–Trinajstić information content (AvgIpc) is 2.65. The summed E-state index contributed by atoms with van der Waals surface area (Å²) in [7, 11) is 0. The normalized spacial score (nSPS) is 35.6. The van der Waals surface area contributed by atoms with Gasteiger partial charge < -0.3 is 5.32 Å². The first-order valence-electron chi connectivity index (χ1n) is 8.22. The largest absolute Gasteiger partial charge is 0.346 e. The van der Waals surface area contributed by atoms with Crippen molar-refractivity contribution in [3.8, 4) is 0 Å². The smallest absolute Gasteiger partial charge is 0.224 e. The van der Waals surface area contributed by atoms with E-state index in [1.54, 1.807) is 6.92 Å². The van der Waals surface area contributed by atoms with Gasteiger partial charge in [-0.1, -0.05) is 41.5 Å². The summed E-state index contributed by atoms with van der Waals surface area (Å²) in [6.45, 7) is 14.5. The molecule has 2 aliphatic rings. The van der Waals surface area contributed by atoms with Crippen molar-refractivity contribution in [1.29, 1.82) is 0 Å². The Labute approximate surface area is 129 Å². The third-order valence-electron chi connectivity index (χ3n) is 6.67. The molecule has 2 fully saturated rings. The lowest BCUT2D eigenvalue weighted by atomic mass is 9.66. The highest BCUT2D eigenvalue weighted by Gasteiger charge is 2.63. The van der Waals surface area contributed by atoms with E-state index in [0.717, 1.165) is 12.8 Å². The van der Waals surface area contributed by atoms with Gasteiger partial charge in [-0.15, -0.1) is 0 Å². The molecule has 2 bridgehead atoms. The van der Waals surface area contributed by atoms with Crippen molar-refractivity contribution in [3.05, 3.63) is 0 Å². The van der Waals surface area contributed by atoms with Gasteiger partial charge in [0.2, 0.25) is 5.91 Å². The van der Waals surface area contributed by atoms with Crippen LogP contribution < -0.4 is 5.32 Å². The molecular weight excluding hydrogens is 262 g/mol. The minimum absolute atomic E-state index is 0.0448. The maximum atomic E-state index is 12.8. The van der Waals surface area contributed by atoms with E-state index in [1.807, 2.05) is 20.8 Å². The molecule has 2 unspecified atom stereocenters. The Morgan fingerprint density at radius 3 is 2.10 bits per heavy atom. The number of amides is 1. The van der Waals surface area contributed by atoms with Crippen LogP contribution in [0.4, 0.5) is 0 Å². The van der Waals surface area contributed by atoms with Crippen LogP contribution >= 0.6 is 0 Å². The van der Waals surface area contributed by atoms with Gasteiger partial charge in [0.05, 0.1) is 6.04 Å². The molecule has 0 aliphatic heterocycles. The Morgan fingerprint density at radius 1 is 1.19 bits per heavy atom. The number of fused-ring (bicyclic) bond motifs is 2. The minimum Gasteiger partial charge on any atom is -0.346 e. The fourth-order valence-corrected chi connectivity index (χ4v) is 4.77. The van der Waals surface area contributed by atoms with Crippen LogP contribution in [0.1, 0.15) is 67.7 Å². The molecule has 0 saturated heterocycles. The first kappa shape index (κ1) is 16.5. The molecule has 4 atom stereocenters. The summed E-state index contributed by atoms with van der Waals surface area (Å²) in [6.07, 6.45) is 3.34. The number of rotatable bonds is 3. The molecule has 0 aromatic carbocycles.